The molecule has 0 spiro atoms. The summed E-state index contributed by atoms with van der Waals surface area (Å²) in [5.41, 5.74) is 2.45. The zero-order valence-electron chi connectivity index (χ0n) is 13.7. The van der Waals surface area contributed by atoms with Gasteiger partial charge in [-0.2, -0.15) is 0 Å². The Kier molecular flexibility index (Phi) is 4.58. The summed E-state index contributed by atoms with van der Waals surface area (Å²) in [7, 11) is 0. The number of anilines is 1. The van der Waals surface area contributed by atoms with Gasteiger partial charge in [0.1, 0.15) is 6.54 Å². The molecule has 0 saturated carbocycles. The van der Waals surface area contributed by atoms with Gasteiger partial charge in [-0.3, -0.25) is 9.59 Å². The molecule has 124 valence electrons. The van der Waals surface area contributed by atoms with Crippen LogP contribution in [0.4, 0.5) is 5.69 Å². The molecule has 0 bridgehead atoms. The van der Waals surface area contributed by atoms with Gasteiger partial charge >= 0.3 is 0 Å². The molecule has 5 heteroatoms. The number of carbonyl (C=O) groups is 2. The van der Waals surface area contributed by atoms with Crippen molar-refractivity contribution in [1.82, 2.24) is 4.90 Å². The minimum atomic E-state index is -0.102. The van der Waals surface area contributed by atoms with Crippen molar-refractivity contribution in [2.24, 2.45) is 0 Å². The maximum absolute atomic E-state index is 12.7. The van der Waals surface area contributed by atoms with Crippen LogP contribution in [-0.4, -0.2) is 35.8 Å². The highest BCUT2D eigenvalue weighted by molar-refractivity contribution is 6.30. The Morgan fingerprint density at radius 1 is 1.17 bits per heavy atom. The molecule has 1 aliphatic heterocycles. The van der Waals surface area contributed by atoms with Crippen molar-refractivity contribution in [3.63, 3.8) is 0 Å². The molecule has 4 nitrogen and oxygen atoms in total. The Labute approximate surface area is 146 Å². The molecule has 0 N–H and O–H groups in total. The smallest absolute Gasteiger partial charge is 0.254 e. The van der Waals surface area contributed by atoms with E-state index in [-0.39, 0.29) is 24.4 Å². The highest BCUT2D eigenvalue weighted by atomic mass is 35.5. The number of piperazine rings is 1. The van der Waals surface area contributed by atoms with E-state index in [1.807, 2.05) is 44.2 Å². The number of nitrogens with zero attached hydrogens (tertiary/aromatic N) is 2. The van der Waals surface area contributed by atoms with E-state index < -0.39 is 0 Å². The average molecular weight is 343 g/mol. The molecule has 1 aliphatic rings. The summed E-state index contributed by atoms with van der Waals surface area (Å²) in [6.45, 7) is 4.46. The minimum Gasteiger partial charge on any atom is -0.325 e. The third-order valence-electron chi connectivity index (χ3n) is 4.25. The van der Waals surface area contributed by atoms with Crippen LogP contribution >= 0.6 is 11.6 Å². The first-order valence-corrected chi connectivity index (χ1v) is 8.27. The summed E-state index contributed by atoms with van der Waals surface area (Å²) in [5.74, 6) is -0.188. The van der Waals surface area contributed by atoms with Crippen molar-refractivity contribution < 1.29 is 9.59 Å². The predicted octanol–water partition coefficient (Wildman–Crippen LogP) is 3.53. The summed E-state index contributed by atoms with van der Waals surface area (Å²) >= 11 is 5.90. The monoisotopic (exact) mass is 342 g/mol. The van der Waals surface area contributed by atoms with Gasteiger partial charge in [-0.25, -0.2) is 0 Å². The largest absolute Gasteiger partial charge is 0.325 e. The van der Waals surface area contributed by atoms with E-state index in [2.05, 4.69) is 0 Å². The summed E-state index contributed by atoms with van der Waals surface area (Å²) in [6.07, 6.45) is 0. The van der Waals surface area contributed by atoms with Crippen LogP contribution in [0.1, 0.15) is 22.8 Å². The van der Waals surface area contributed by atoms with Crippen molar-refractivity contribution in [3.8, 4) is 0 Å². The second kappa shape index (κ2) is 6.65. The normalized spacial score (nSPS) is 18.0. The van der Waals surface area contributed by atoms with Crippen molar-refractivity contribution in [3.05, 3.63) is 64.7 Å². The van der Waals surface area contributed by atoms with E-state index in [1.165, 1.54) is 0 Å². The lowest BCUT2D eigenvalue weighted by atomic mass is 10.1. The van der Waals surface area contributed by atoms with E-state index in [0.29, 0.717) is 17.1 Å². The summed E-state index contributed by atoms with van der Waals surface area (Å²) in [4.78, 5) is 28.6. The molecule has 0 radical (unpaired) electrons. The van der Waals surface area contributed by atoms with Crippen LogP contribution in [0.25, 0.3) is 0 Å². The van der Waals surface area contributed by atoms with Gasteiger partial charge in [0.15, 0.2) is 0 Å². The van der Waals surface area contributed by atoms with Crippen LogP contribution in [0.15, 0.2) is 48.5 Å². The highest BCUT2D eigenvalue weighted by Gasteiger charge is 2.33. The first-order chi connectivity index (χ1) is 11.5. The summed E-state index contributed by atoms with van der Waals surface area (Å²) in [5, 5.41) is 0.632. The highest BCUT2D eigenvalue weighted by Crippen LogP contribution is 2.23. The Bertz CT molecular complexity index is 773. The van der Waals surface area contributed by atoms with Crippen molar-refractivity contribution in [2.45, 2.75) is 19.9 Å². The lowest BCUT2D eigenvalue weighted by molar-refractivity contribution is -0.121. The Morgan fingerprint density at radius 2 is 1.88 bits per heavy atom. The van der Waals surface area contributed by atoms with Gasteiger partial charge in [0.25, 0.3) is 5.91 Å². The summed E-state index contributed by atoms with van der Waals surface area (Å²) in [6, 6.07) is 14.6. The van der Waals surface area contributed by atoms with Crippen molar-refractivity contribution in [1.29, 1.82) is 0 Å². The number of benzene rings is 2. The molecule has 2 amide bonds. The second-order valence-electron chi connectivity index (χ2n) is 6.13. The van der Waals surface area contributed by atoms with Gasteiger partial charge in [0, 0.05) is 28.9 Å². The fourth-order valence-electron chi connectivity index (χ4n) is 2.94. The third kappa shape index (κ3) is 3.29. The fraction of sp³-hybridized carbons (Fsp3) is 0.263. The quantitative estimate of drug-likeness (QED) is 0.837. The molecule has 1 fully saturated rings. The van der Waals surface area contributed by atoms with Crippen LogP contribution in [0.2, 0.25) is 5.02 Å². The van der Waals surface area contributed by atoms with Crippen LogP contribution < -0.4 is 4.90 Å². The molecule has 1 saturated heterocycles. The van der Waals surface area contributed by atoms with E-state index in [9.17, 15) is 9.59 Å². The maximum Gasteiger partial charge on any atom is 0.254 e. The molecule has 2 aromatic rings. The molecule has 0 aromatic heterocycles. The zero-order chi connectivity index (χ0) is 17.3. The Balaban J connectivity index is 1.79. The van der Waals surface area contributed by atoms with Crippen LogP contribution in [0.3, 0.4) is 0 Å². The molecule has 3 rings (SSSR count). The van der Waals surface area contributed by atoms with Gasteiger partial charge in [-0.05, 0) is 50.2 Å². The van der Waals surface area contributed by atoms with E-state index in [4.69, 9.17) is 11.6 Å². The lowest BCUT2D eigenvalue weighted by Gasteiger charge is -2.39. The van der Waals surface area contributed by atoms with Gasteiger partial charge in [-0.1, -0.05) is 29.3 Å². The topological polar surface area (TPSA) is 40.6 Å². The van der Waals surface area contributed by atoms with Crippen molar-refractivity contribution >= 4 is 29.1 Å². The first kappa shape index (κ1) is 16.5. The molecule has 1 unspecified atom stereocenters. The lowest BCUT2D eigenvalue weighted by Crippen LogP contribution is -2.57. The Hall–Kier alpha value is -2.33. The molecular weight excluding hydrogens is 324 g/mol. The number of hydrogen-bond acceptors (Lipinski definition) is 2. The first-order valence-electron chi connectivity index (χ1n) is 7.89. The summed E-state index contributed by atoms with van der Waals surface area (Å²) < 4.78 is 0. The predicted molar refractivity (Wildman–Crippen MR) is 95.5 cm³/mol. The van der Waals surface area contributed by atoms with Gasteiger partial charge in [0.05, 0.1) is 0 Å². The number of aryl methyl sites for hydroxylation is 1. The third-order valence-corrected chi connectivity index (χ3v) is 4.50. The average Bonchev–Trinajstić information content (AvgIpc) is 2.57. The number of rotatable bonds is 2. The molecule has 0 aliphatic carbocycles. The van der Waals surface area contributed by atoms with Gasteiger partial charge in [0.2, 0.25) is 5.91 Å². The van der Waals surface area contributed by atoms with E-state index in [0.717, 1.165) is 11.3 Å². The van der Waals surface area contributed by atoms with Crippen LogP contribution in [-0.2, 0) is 4.79 Å². The number of amides is 2. The van der Waals surface area contributed by atoms with E-state index >= 15 is 0 Å². The zero-order valence-corrected chi connectivity index (χ0v) is 14.5. The Morgan fingerprint density at radius 3 is 2.54 bits per heavy atom. The SMILES string of the molecule is Cc1cccc(C(=O)N2CC(=O)N(c3ccc(Cl)cc3)CC2C)c1. The minimum absolute atomic E-state index is 0.0635. The van der Waals surface area contributed by atoms with Crippen molar-refractivity contribution in [2.75, 3.05) is 18.0 Å². The maximum atomic E-state index is 12.7. The standard InChI is InChI=1S/C19H19ClN2O2/c1-13-4-3-5-15(10-13)19(24)21-12-18(23)22(11-14(21)2)17-8-6-16(20)7-9-17/h3-10,14H,11-12H2,1-2H3. The molecule has 2 aromatic carbocycles. The van der Waals surface area contributed by atoms with Crippen LogP contribution in [0.5, 0.6) is 0 Å². The number of hydrogen-bond donors (Lipinski definition) is 0. The molecule has 1 heterocycles. The fourth-order valence-corrected chi connectivity index (χ4v) is 3.06. The van der Waals surface area contributed by atoms with Crippen LogP contribution in [0, 0.1) is 6.92 Å². The number of carbonyl (C=O) groups excluding carboxylic acids is 2. The van der Waals surface area contributed by atoms with E-state index in [1.54, 1.807) is 28.0 Å². The number of halogens is 1. The van der Waals surface area contributed by atoms with Gasteiger partial charge in [-0.15, -0.1) is 0 Å². The molecular formula is C19H19ClN2O2. The molecule has 24 heavy (non-hydrogen) atoms. The van der Waals surface area contributed by atoms with Gasteiger partial charge < -0.3 is 9.80 Å². The second-order valence-corrected chi connectivity index (χ2v) is 6.57. The molecule has 1 atom stereocenters.